The van der Waals surface area contributed by atoms with E-state index in [-0.39, 0.29) is 18.4 Å². The topological polar surface area (TPSA) is 84.2 Å². The molecule has 20 heavy (non-hydrogen) atoms. The van der Waals surface area contributed by atoms with E-state index in [9.17, 15) is 9.59 Å². The van der Waals surface area contributed by atoms with Crippen LogP contribution in [-0.4, -0.2) is 32.6 Å². The second-order valence-electron chi connectivity index (χ2n) is 4.90. The van der Waals surface area contributed by atoms with E-state index in [1.807, 2.05) is 17.7 Å². The first kappa shape index (κ1) is 16.2. The first-order chi connectivity index (χ1) is 9.58. The van der Waals surface area contributed by atoms with Gasteiger partial charge in [-0.25, -0.2) is 9.78 Å². The first-order valence-corrected chi connectivity index (χ1v) is 7.08. The molecule has 0 aliphatic rings. The van der Waals surface area contributed by atoms with Gasteiger partial charge in [0.2, 0.25) is 5.91 Å². The van der Waals surface area contributed by atoms with Crippen LogP contribution in [0.5, 0.6) is 0 Å². The second kappa shape index (κ2) is 8.35. The minimum absolute atomic E-state index is 0.0265. The highest BCUT2D eigenvalue weighted by molar-refractivity contribution is 5.83. The van der Waals surface area contributed by atoms with Crippen LogP contribution in [0.1, 0.15) is 52.0 Å². The molecule has 1 heterocycles. The molecule has 2 unspecified atom stereocenters. The number of nitrogens with one attached hydrogen (secondary N) is 1. The SMILES string of the molecule is CCCC(NC(=O)CC(CCC)n1ccnc1)C(=O)O. The van der Waals surface area contributed by atoms with E-state index in [2.05, 4.69) is 17.2 Å². The molecule has 0 aliphatic carbocycles. The highest BCUT2D eigenvalue weighted by Gasteiger charge is 2.21. The Morgan fingerprint density at radius 2 is 2.00 bits per heavy atom. The van der Waals surface area contributed by atoms with Gasteiger partial charge >= 0.3 is 5.97 Å². The first-order valence-electron chi connectivity index (χ1n) is 7.08. The molecular weight excluding hydrogens is 258 g/mol. The summed E-state index contributed by atoms with van der Waals surface area (Å²) in [6.45, 7) is 3.95. The van der Waals surface area contributed by atoms with Crippen molar-refractivity contribution in [2.24, 2.45) is 0 Å². The maximum atomic E-state index is 12.0. The smallest absolute Gasteiger partial charge is 0.326 e. The minimum Gasteiger partial charge on any atom is -0.480 e. The molecule has 1 amide bonds. The fourth-order valence-corrected chi connectivity index (χ4v) is 2.19. The van der Waals surface area contributed by atoms with E-state index in [1.165, 1.54) is 0 Å². The van der Waals surface area contributed by atoms with Gasteiger partial charge in [0.1, 0.15) is 6.04 Å². The molecule has 2 atom stereocenters. The lowest BCUT2D eigenvalue weighted by molar-refractivity contribution is -0.142. The lowest BCUT2D eigenvalue weighted by Crippen LogP contribution is -2.41. The van der Waals surface area contributed by atoms with Gasteiger partial charge < -0.3 is 15.0 Å². The number of rotatable bonds is 9. The number of carbonyl (C=O) groups excluding carboxylic acids is 1. The van der Waals surface area contributed by atoms with Gasteiger partial charge in [0.25, 0.3) is 0 Å². The maximum Gasteiger partial charge on any atom is 0.326 e. The highest BCUT2D eigenvalue weighted by Crippen LogP contribution is 2.17. The number of hydrogen-bond donors (Lipinski definition) is 2. The Labute approximate surface area is 119 Å². The summed E-state index contributed by atoms with van der Waals surface area (Å²) >= 11 is 0. The van der Waals surface area contributed by atoms with E-state index >= 15 is 0 Å². The summed E-state index contributed by atoms with van der Waals surface area (Å²) in [6.07, 6.45) is 8.45. The molecule has 0 spiro atoms. The van der Waals surface area contributed by atoms with Gasteiger partial charge in [0, 0.05) is 24.9 Å². The van der Waals surface area contributed by atoms with E-state index in [4.69, 9.17) is 5.11 Å². The number of hydrogen-bond acceptors (Lipinski definition) is 3. The predicted molar refractivity (Wildman–Crippen MR) is 75.3 cm³/mol. The van der Waals surface area contributed by atoms with Crippen molar-refractivity contribution in [1.29, 1.82) is 0 Å². The quantitative estimate of drug-likeness (QED) is 0.725. The van der Waals surface area contributed by atoms with Crippen molar-refractivity contribution in [3.63, 3.8) is 0 Å². The van der Waals surface area contributed by atoms with Crippen molar-refractivity contribution in [3.8, 4) is 0 Å². The number of carbonyl (C=O) groups is 2. The van der Waals surface area contributed by atoms with Crippen LogP contribution >= 0.6 is 0 Å². The van der Waals surface area contributed by atoms with Crippen LogP contribution in [-0.2, 0) is 9.59 Å². The second-order valence-corrected chi connectivity index (χ2v) is 4.90. The van der Waals surface area contributed by atoms with Gasteiger partial charge in [-0.1, -0.05) is 26.7 Å². The third-order valence-corrected chi connectivity index (χ3v) is 3.20. The normalized spacial score (nSPS) is 13.7. The Kier molecular flexibility index (Phi) is 6.76. The molecule has 6 heteroatoms. The molecule has 0 aliphatic heterocycles. The van der Waals surface area contributed by atoms with Crippen LogP contribution in [0.25, 0.3) is 0 Å². The van der Waals surface area contributed by atoms with E-state index in [0.29, 0.717) is 6.42 Å². The van der Waals surface area contributed by atoms with Crippen molar-refractivity contribution in [3.05, 3.63) is 18.7 Å². The summed E-state index contributed by atoms with van der Waals surface area (Å²) in [5.74, 6) is -1.20. The van der Waals surface area contributed by atoms with Crippen LogP contribution in [0, 0.1) is 0 Å². The van der Waals surface area contributed by atoms with Crippen molar-refractivity contribution in [2.45, 2.75) is 58.0 Å². The number of imidazole rings is 1. The zero-order valence-electron chi connectivity index (χ0n) is 12.1. The summed E-state index contributed by atoms with van der Waals surface area (Å²) in [4.78, 5) is 27.0. The lowest BCUT2D eigenvalue weighted by Gasteiger charge is -2.19. The number of amides is 1. The van der Waals surface area contributed by atoms with Gasteiger partial charge in [0.05, 0.1) is 6.33 Å². The van der Waals surface area contributed by atoms with E-state index in [0.717, 1.165) is 19.3 Å². The van der Waals surface area contributed by atoms with Crippen molar-refractivity contribution < 1.29 is 14.7 Å². The number of carboxylic acid groups (broad SMARTS) is 1. The van der Waals surface area contributed by atoms with Crippen molar-refractivity contribution >= 4 is 11.9 Å². The number of carboxylic acids is 1. The fourth-order valence-electron chi connectivity index (χ4n) is 2.19. The highest BCUT2D eigenvalue weighted by atomic mass is 16.4. The molecule has 0 aromatic carbocycles. The largest absolute Gasteiger partial charge is 0.480 e. The number of aliphatic carboxylic acids is 1. The van der Waals surface area contributed by atoms with E-state index in [1.54, 1.807) is 12.5 Å². The predicted octanol–water partition coefficient (Wildman–Crippen LogP) is 1.98. The third-order valence-electron chi connectivity index (χ3n) is 3.20. The van der Waals surface area contributed by atoms with Gasteiger partial charge in [-0.3, -0.25) is 4.79 Å². The summed E-state index contributed by atoms with van der Waals surface area (Å²) in [6, 6.07) is -0.767. The van der Waals surface area contributed by atoms with E-state index < -0.39 is 12.0 Å². The maximum absolute atomic E-state index is 12.0. The van der Waals surface area contributed by atoms with Crippen molar-refractivity contribution in [2.75, 3.05) is 0 Å². The molecule has 2 N–H and O–H groups in total. The summed E-state index contributed by atoms with van der Waals surface area (Å²) in [5.41, 5.74) is 0. The molecule has 0 fully saturated rings. The monoisotopic (exact) mass is 281 g/mol. The van der Waals surface area contributed by atoms with Crippen LogP contribution in [0.15, 0.2) is 18.7 Å². The zero-order valence-corrected chi connectivity index (χ0v) is 12.1. The Hall–Kier alpha value is -1.85. The molecule has 6 nitrogen and oxygen atoms in total. The lowest BCUT2D eigenvalue weighted by atomic mass is 10.1. The van der Waals surface area contributed by atoms with Gasteiger partial charge in [0.15, 0.2) is 0 Å². The Morgan fingerprint density at radius 1 is 1.30 bits per heavy atom. The average Bonchev–Trinajstić information content (AvgIpc) is 2.91. The minimum atomic E-state index is -0.977. The molecule has 0 saturated carbocycles. The summed E-state index contributed by atoms with van der Waals surface area (Å²) < 4.78 is 1.90. The molecule has 0 bridgehead atoms. The van der Waals surface area contributed by atoms with Gasteiger partial charge in [-0.05, 0) is 12.8 Å². The molecule has 0 radical (unpaired) electrons. The molecule has 112 valence electrons. The Bertz CT molecular complexity index is 417. The van der Waals surface area contributed by atoms with Crippen LogP contribution < -0.4 is 5.32 Å². The molecule has 1 aromatic rings. The third kappa shape index (κ3) is 5.03. The van der Waals surface area contributed by atoms with Gasteiger partial charge in [-0.2, -0.15) is 0 Å². The van der Waals surface area contributed by atoms with Crippen LogP contribution in [0.4, 0.5) is 0 Å². The average molecular weight is 281 g/mol. The molecular formula is C14H23N3O3. The van der Waals surface area contributed by atoms with Crippen LogP contribution in [0.3, 0.4) is 0 Å². The van der Waals surface area contributed by atoms with Crippen LogP contribution in [0.2, 0.25) is 0 Å². The standard InChI is InChI=1S/C14H23N3O3/c1-3-5-11(17-8-7-15-10-17)9-13(18)16-12(6-4-2)14(19)20/h7-8,10-12H,3-6,9H2,1-2H3,(H,16,18)(H,19,20). The Morgan fingerprint density at radius 3 is 2.50 bits per heavy atom. The molecule has 1 rings (SSSR count). The summed E-state index contributed by atoms with van der Waals surface area (Å²) in [5, 5.41) is 11.6. The Balaban J connectivity index is 2.59. The van der Waals surface area contributed by atoms with Gasteiger partial charge in [-0.15, -0.1) is 0 Å². The number of nitrogens with zero attached hydrogens (tertiary/aromatic N) is 2. The zero-order chi connectivity index (χ0) is 15.0. The van der Waals surface area contributed by atoms with Crippen molar-refractivity contribution in [1.82, 2.24) is 14.9 Å². The number of aromatic nitrogens is 2. The molecule has 0 saturated heterocycles. The fraction of sp³-hybridized carbons (Fsp3) is 0.643. The molecule has 1 aromatic heterocycles. The summed E-state index contributed by atoms with van der Waals surface area (Å²) in [7, 11) is 0.